The highest BCUT2D eigenvalue weighted by Crippen LogP contribution is 2.45. The molecule has 3 aliphatic carbocycles. The van der Waals surface area contributed by atoms with Gasteiger partial charge in [-0.25, -0.2) is 0 Å². The van der Waals surface area contributed by atoms with Crippen LogP contribution in [0.4, 0.5) is 0 Å². The predicted molar refractivity (Wildman–Crippen MR) is 68.3 cm³/mol. The lowest BCUT2D eigenvalue weighted by molar-refractivity contribution is 0.272. The first-order valence-electron chi connectivity index (χ1n) is 7.54. The third kappa shape index (κ3) is 1.81. The van der Waals surface area contributed by atoms with E-state index in [9.17, 15) is 0 Å². The van der Waals surface area contributed by atoms with Crippen molar-refractivity contribution in [3.05, 3.63) is 0 Å². The summed E-state index contributed by atoms with van der Waals surface area (Å²) in [5.41, 5.74) is 0. The van der Waals surface area contributed by atoms with E-state index >= 15 is 0 Å². The van der Waals surface area contributed by atoms with Gasteiger partial charge in [0.05, 0.1) is 0 Å². The maximum absolute atomic E-state index is 4.02. The molecule has 3 rings (SSSR count). The van der Waals surface area contributed by atoms with Gasteiger partial charge >= 0.3 is 0 Å². The van der Waals surface area contributed by atoms with E-state index in [0.717, 1.165) is 35.8 Å². The Hall–Kier alpha value is -0.0400. The number of fused-ring (bicyclic) bond motifs is 2. The zero-order valence-electron chi connectivity index (χ0n) is 10.9. The maximum atomic E-state index is 4.02. The zero-order valence-corrected chi connectivity index (χ0v) is 10.9. The van der Waals surface area contributed by atoms with Crippen molar-refractivity contribution in [1.29, 1.82) is 0 Å². The molecule has 3 fully saturated rings. The molecule has 92 valence electrons. The minimum Gasteiger partial charge on any atom is -0.311 e. The Labute approximate surface area is 100 Å². The quantitative estimate of drug-likeness (QED) is 0.768. The van der Waals surface area contributed by atoms with Crippen LogP contribution in [0.5, 0.6) is 0 Å². The van der Waals surface area contributed by atoms with Gasteiger partial charge in [0.2, 0.25) is 0 Å². The van der Waals surface area contributed by atoms with Crippen LogP contribution in [0.15, 0.2) is 0 Å². The summed E-state index contributed by atoms with van der Waals surface area (Å²) in [6.45, 7) is 4.84. The first kappa shape index (κ1) is 11.1. The Kier molecular flexibility index (Phi) is 2.99. The summed E-state index contributed by atoms with van der Waals surface area (Å²) in [5.74, 6) is 4.04. The van der Waals surface area contributed by atoms with Crippen LogP contribution in [-0.2, 0) is 0 Å². The monoisotopic (exact) mass is 221 g/mol. The molecule has 0 spiro atoms. The third-order valence-corrected chi connectivity index (χ3v) is 5.92. The Morgan fingerprint density at radius 2 is 1.88 bits per heavy atom. The predicted octanol–water partition coefficient (Wildman–Crippen LogP) is 3.59. The molecule has 0 aliphatic heterocycles. The Morgan fingerprint density at radius 1 is 1.00 bits per heavy atom. The first-order valence-corrected chi connectivity index (χ1v) is 7.54. The summed E-state index contributed by atoms with van der Waals surface area (Å²) < 4.78 is 0. The molecule has 0 aromatic rings. The van der Waals surface area contributed by atoms with Crippen LogP contribution in [0.3, 0.4) is 0 Å². The number of rotatable bonds is 3. The average molecular weight is 221 g/mol. The van der Waals surface area contributed by atoms with Crippen LogP contribution in [0, 0.1) is 23.7 Å². The van der Waals surface area contributed by atoms with Crippen molar-refractivity contribution in [1.82, 2.24) is 5.32 Å². The molecule has 0 radical (unpaired) electrons. The Balaban J connectivity index is 1.56. The van der Waals surface area contributed by atoms with E-state index in [-0.39, 0.29) is 0 Å². The fourth-order valence-electron chi connectivity index (χ4n) is 4.78. The van der Waals surface area contributed by atoms with E-state index in [1.807, 2.05) is 0 Å². The van der Waals surface area contributed by atoms with Gasteiger partial charge < -0.3 is 5.32 Å². The van der Waals surface area contributed by atoms with Gasteiger partial charge in [-0.15, -0.1) is 0 Å². The van der Waals surface area contributed by atoms with Gasteiger partial charge in [0.25, 0.3) is 0 Å². The smallest absolute Gasteiger partial charge is 0.0101 e. The summed E-state index contributed by atoms with van der Waals surface area (Å²) >= 11 is 0. The second-order valence-corrected chi connectivity index (χ2v) is 6.66. The van der Waals surface area contributed by atoms with Crippen molar-refractivity contribution in [2.24, 2.45) is 23.7 Å². The van der Waals surface area contributed by atoms with Gasteiger partial charge in [0, 0.05) is 12.1 Å². The fraction of sp³-hybridized carbons (Fsp3) is 1.00. The largest absolute Gasteiger partial charge is 0.311 e. The highest BCUT2D eigenvalue weighted by atomic mass is 15.0. The third-order valence-electron chi connectivity index (χ3n) is 5.92. The SMILES string of the molecule is CCC1CCC(NC2CC3CCC2C3)C1C. The summed E-state index contributed by atoms with van der Waals surface area (Å²) in [5, 5.41) is 4.02. The molecule has 0 amide bonds. The van der Waals surface area contributed by atoms with E-state index in [0.29, 0.717) is 0 Å². The standard InChI is InChI=1S/C15H27N/c1-3-12-6-7-14(10(12)2)16-15-9-11-4-5-13(15)8-11/h10-16H,3-9H2,1-2H3. The molecule has 6 atom stereocenters. The van der Waals surface area contributed by atoms with Crippen molar-refractivity contribution < 1.29 is 0 Å². The molecule has 0 saturated heterocycles. The molecule has 0 heterocycles. The van der Waals surface area contributed by atoms with Gasteiger partial charge in [-0.3, -0.25) is 0 Å². The minimum atomic E-state index is 0.842. The number of hydrogen-bond acceptors (Lipinski definition) is 1. The van der Waals surface area contributed by atoms with Gasteiger partial charge in [-0.1, -0.05) is 26.7 Å². The number of hydrogen-bond donors (Lipinski definition) is 1. The fourth-order valence-corrected chi connectivity index (χ4v) is 4.78. The average Bonchev–Trinajstić information content (AvgIpc) is 2.96. The minimum absolute atomic E-state index is 0.842. The summed E-state index contributed by atoms with van der Waals surface area (Å²) in [6, 6.07) is 1.73. The van der Waals surface area contributed by atoms with Crippen LogP contribution < -0.4 is 5.32 Å². The molecule has 16 heavy (non-hydrogen) atoms. The lowest BCUT2D eigenvalue weighted by Gasteiger charge is -2.29. The van der Waals surface area contributed by atoms with E-state index in [1.165, 1.54) is 44.9 Å². The Bertz CT molecular complexity index is 250. The van der Waals surface area contributed by atoms with Crippen LogP contribution in [-0.4, -0.2) is 12.1 Å². The second kappa shape index (κ2) is 4.33. The normalized spacial score (nSPS) is 51.4. The molecule has 1 nitrogen and oxygen atoms in total. The molecule has 3 saturated carbocycles. The first-order chi connectivity index (χ1) is 7.78. The second-order valence-electron chi connectivity index (χ2n) is 6.66. The maximum Gasteiger partial charge on any atom is 0.0101 e. The topological polar surface area (TPSA) is 12.0 Å². The van der Waals surface area contributed by atoms with E-state index in [4.69, 9.17) is 0 Å². The highest BCUT2D eigenvalue weighted by Gasteiger charge is 2.42. The van der Waals surface area contributed by atoms with E-state index in [2.05, 4.69) is 19.2 Å². The highest BCUT2D eigenvalue weighted by molar-refractivity contribution is 4.97. The van der Waals surface area contributed by atoms with Crippen LogP contribution in [0.25, 0.3) is 0 Å². The van der Waals surface area contributed by atoms with E-state index < -0.39 is 0 Å². The molecular formula is C15H27N. The lowest BCUT2D eigenvalue weighted by Crippen LogP contribution is -2.43. The van der Waals surface area contributed by atoms with Crippen LogP contribution in [0.2, 0.25) is 0 Å². The lowest BCUT2D eigenvalue weighted by atomic mass is 9.91. The van der Waals surface area contributed by atoms with E-state index in [1.54, 1.807) is 0 Å². The molecule has 1 heteroatoms. The molecule has 6 unspecified atom stereocenters. The van der Waals surface area contributed by atoms with Gasteiger partial charge in [0.15, 0.2) is 0 Å². The van der Waals surface area contributed by atoms with Crippen LogP contribution >= 0.6 is 0 Å². The zero-order chi connectivity index (χ0) is 11.1. The van der Waals surface area contributed by atoms with Crippen molar-refractivity contribution in [3.63, 3.8) is 0 Å². The summed E-state index contributed by atoms with van der Waals surface area (Å²) in [6.07, 6.45) is 10.4. The molecule has 0 aromatic heterocycles. The molecule has 0 aromatic carbocycles. The van der Waals surface area contributed by atoms with Crippen molar-refractivity contribution in [2.75, 3.05) is 0 Å². The summed E-state index contributed by atoms with van der Waals surface area (Å²) in [4.78, 5) is 0. The summed E-state index contributed by atoms with van der Waals surface area (Å²) in [7, 11) is 0. The molecule has 2 bridgehead atoms. The van der Waals surface area contributed by atoms with Gasteiger partial charge in [-0.05, 0) is 55.8 Å². The van der Waals surface area contributed by atoms with Crippen LogP contribution in [0.1, 0.15) is 58.8 Å². The molecule has 1 N–H and O–H groups in total. The van der Waals surface area contributed by atoms with Crippen molar-refractivity contribution >= 4 is 0 Å². The number of nitrogens with one attached hydrogen (secondary N) is 1. The van der Waals surface area contributed by atoms with Gasteiger partial charge in [0.1, 0.15) is 0 Å². The van der Waals surface area contributed by atoms with Crippen molar-refractivity contribution in [3.8, 4) is 0 Å². The van der Waals surface area contributed by atoms with Gasteiger partial charge in [-0.2, -0.15) is 0 Å². The molecule has 3 aliphatic rings. The molecular weight excluding hydrogens is 194 g/mol. The van der Waals surface area contributed by atoms with Crippen molar-refractivity contribution in [2.45, 2.75) is 70.9 Å². The Morgan fingerprint density at radius 3 is 2.44 bits per heavy atom.